The third-order valence-electron chi connectivity index (χ3n) is 3.46. The molecule has 6 nitrogen and oxygen atoms in total. The van der Waals surface area contributed by atoms with Crippen molar-refractivity contribution in [3.63, 3.8) is 0 Å². The first kappa shape index (κ1) is 13.6. The van der Waals surface area contributed by atoms with E-state index < -0.39 is 11.4 Å². The van der Waals surface area contributed by atoms with Gasteiger partial charge >= 0.3 is 0 Å². The van der Waals surface area contributed by atoms with Crippen LogP contribution in [0.15, 0.2) is 18.2 Å². The number of nitrogens with two attached hydrogens (primary N) is 2. The molecule has 1 saturated heterocycles. The van der Waals surface area contributed by atoms with Crippen LogP contribution in [0.5, 0.6) is 0 Å². The lowest BCUT2D eigenvalue weighted by Gasteiger charge is -2.37. The number of primary amides is 1. The third-order valence-corrected chi connectivity index (χ3v) is 3.46. The van der Waals surface area contributed by atoms with Crippen molar-refractivity contribution in [3.8, 4) is 0 Å². The highest BCUT2D eigenvalue weighted by Crippen LogP contribution is 2.28. The van der Waals surface area contributed by atoms with Crippen molar-refractivity contribution in [3.05, 3.63) is 23.8 Å². The highest BCUT2D eigenvalue weighted by atomic mass is 16.5. The summed E-state index contributed by atoms with van der Waals surface area (Å²) in [5.41, 5.74) is 12.1. The molecule has 1 aromatic carbocycles. The zero-order valence-corrected chi connectivity index (χ0v) is 10.7. The summed E-state index contributed by atoms with van der Waals surface area (Å²) < 4.78 is 5.30. The monoisotopic (exact) mass is 265 g/mol. The minimum absolute atomic E-state index is 0.0383. The van der Waals surface area contributed by atoms with E-state index in [1.807, 2.05) is 0 Å². The zero-order valence-electron chi connectivity index (χ0n) is 10.7. The number of aliphatic hydroxyl groups excluding tert-OH is 1. The van der Waals surface area contributed by atoms with Crippen LogP contribution in [0.3, 0.4) is 0 Å². The van der Waals surface area contributed by atoms with E-state index in [2.05, 4.69) is 5.32 Å². The summed E-state index contributed by atoms with van der Waals surface area (Å²) in [5, 5.41) is 12.9. The fourth-order valence-electron chi connectivity index (χ4n) is 2.25. The van der Waals surface area contributed by atoms with Crippen molar-refractivity contribution in [1.82, 2.24) is 0 Å². The molecule has 0 radical (unpaired) electrons. The summed E-state index contributed by atoms with van der Waals surface area (Å²) in [4.78, 5) is 11.4. The Kier molecular flexibility index (Phi) is 3.92. The Labute approximate surface area is 111 Å². The summed E-state index contributed by atoms with van der Waals surface area (Å²) in [5.74, 6) is -0.525. The maximum Gasteiger partial charge on any atom is 0.250 e. The van der Waals surface area contributed by atoms with Crippen LogP contribution in [-0.2, 0) is 4.74 Å². The molecule has 6 N–H and O–H groups in total. The van der Waals surface area contributed by atoms with Crippen molar-refractivity contribution < 1.29 is 14.6 Å². The molecule has 1 amide bonds. The fraction of sp³-hybridized carbons (Fsp3) is 0.462. The molecule has 1 fully saturated rings. The van der Waals surface area contributed by atoms with Crippen LogP contribution in [0.1, 0.15) is 23.2 Å². The average molecular weight is 265 g/mol. The average Bonchev–Trinajstić information content (AvgIpc) is 2.39. The number of rotatable bonds is 4. The molecule has 0 spiro atoms. The predicted molar refractivity (Wildman–Crippen MR) is 72.9 cm³/mol. The van der Waals surface area contributed by atoms with Crippen LogP contribution in [0, 0.1) is 0 Å². The number of hydrogen-bond acceptors (Lipinski definition) is 5. The van der Waals surface area contributed by atoms with Crippen molar-refractivity contribution >= 4 is 17.3 Å². The summed E-state index contributed by atoms with van der Waals surface area (Å²) in [6.07, 6.45) is 1.33. The summed E-state index contributed by atoms with van der Waals surface area (Å²) in [6, 6.07) is 4.87. The van der Waals surface area contributed by atoms with E-state index >= 15 is 0 Å². The molecule has 2 rings (SSSR count). The first-order valence-electron chi connectivity index (χ1n) is 6.22. The molecule has 0 atom stereocenters. The van der Waals surface area contributed by atoms with Crippen molar-refractivity contribution in [1.29, 1.82) is 0 Å². The van der Waals surface area contributed by atoms with Gasteiger partial charge in [0.05, 0.1) is 17.7 Å². The SMILES string of the molecule is NC(=O)c1ccc(N)cc1NC1(CO)CCOCC1. The molecule has 104 valence electrons. The van der Waals surface area contributed by atoms with E-state index in [9.17, 15) is 9.90 Å². The van der Waals surface area contributed by atoms with Gasteiger partial charge in [0.15, 0.2) is 0 Å². The maximum absolute atomic E-state index is 11.4. The number of anilines is 2. The topological polar surface area (TPSA) is 111 Å². The number of aliphatic hydroxyl groups is 1. The van der Waals surface area contributed by atoms with Gasteiger partial charge in [-0.05, 0) is 31.0 Å². The van der Waals surface area contributed by atoms with Crippen molar-refractivity contribution in [2.75, 3.05) is 30.9 Å². The smallest absolute Gasteiger partial charge is 0.250 e. The third kappa shape index (κ3) is 2.97. The standard InChI is InChI=1S/C13H19N3O3/c14-9-1-2-10(12(15)18)11(7-9)16-13(8-17)3-5-19-6-4-13/h1-2,7,16-17H,3-6,8,14H2,(H2,15,18). The first-order valence-corrected chi connectivity index (χ1v) is 6.22. The molecule has 19 heavy (non-hydrogen) atoms. The lowest BCUT2D eigenvalue weighted by molar-refractivity contribution is 0.0380. The van der Waals surface area contributed by atoms with E-state index in [1.165, 1.54) is 0 Å². The molecule has 1 heterocycles. The number of benzene rings is 1. The Hall–Kier alpha value is -1.79. The van der Waals surface area contributed by atoms with Gasteiger partial charge in [0.1, 0.15) is 0 Å². The van der Waals surface area contributed by atoms with Gasteiger partial charge in [-0.3, -0.25) is 4.79 Å². The molecule has 0 aromatic heterocycles. The molecule has 0 bridgehead atoms. The number of carbonyl (C=O) groups is 1. The Morgan fingerprint density at radius 3 is 2.68 bits per heavy atom. The van der Waals surface area contributed by atoms with Crippen LogP contribution < -0.4 is 16.8 Å². The van der Waals surface area contributed by atoms with Gasteiger partial charge in [0.2, 0.25) is 0 Å². The minimum atomic E-state index is -0.525. The number of hydrogen-bond donors (Lipinski definition) is 4. The van der Waals surface area contributed by atoms with Gasteiger partial charge in [-0.2, -0.15) is 0 Å². The Balaban J connectivity index is 2.30. The van der Waals surface area contributed by atoms with Gasteiger partial charge in [-0.1, -0.05) is 0 Å². The number of nitrogens with one attached hydrogen (secondary N) is 1. The Morgan fingerprint density at radius 1 is 1.42 bits per heavy atom. The molecule has 1 aromatic rings. The number of carbonyl (C=O) groups excluding carboxylic acids is 1. The summed E-state index contributed by atoms with van der Waals surface area (Å²) >= 11 is 0. The molecular weight excluding hydrogens is 246 g/mol. The van der Waals surface area contributed by atoms with Gasteiger partial charge < -0.3 is 26.6 Å². The van der Waals surface area contributed by atoms with Gasteiger partial charge in [-0.25, -0.2) is 0 Å². The van der Waals surface area contributed by atoms with Crippen LogP contribution in [0.4, 0.5) is 11.4 Å². The Bertz CT molecular complexity index is 470. The van der Waals surface area contributed by atoms with Crippen LogP contribution in [0.2, 0.25) is 0 Å². The van der Waals surface area contributed by atoms with Crippen molar-refractivity contribution in [2.45, 2.75) is 18.4 Å². The van der Waals surface area contributed by atoms with E-state index in [0.29, 0.717) is 43.0 Å². The highest BCUT2D eigenvalue weighted by molar-refractivity contribution is 5.99. The molecular formula is C13H19N3O3. The lowest BCUT2D eigenvalue weighted by atomic mass is 9.90. The highest BCUT2D eigenvalue weighted by Gasteiger charge is 2.32. The van der Waals surface area contributed by atoms with Crippen molar-refractivity contribution in [2.24, 2.45) is 5.73 Å². The first-order chi connectivity index (χ1) is 9.06. The molecule has 1 aliphatic rings. The van der Waals surface area contributed by atoms with E-state index in [0.717, 1.165) is 0 Å². The van der Waals surface area contributed by atoms with E-state index in [4.69, 9.17) is 16.2 Å². The second-order valence-corrected chi connectivity index (χ2v) is 4.85. The van der Waals surface area contributed by atoms with E-state index in [1.54, 1.807) is 18.2 Å². The summed E-state index contributed by atoms with van der Waals surface area (Å²) in [6.45, 7) is 1.10. The van der Waals surface area contributed by atoms with Gasteiger partial charge in [-0.15, -0.1) is 0 Å². The predicted octanol–water partition coefficient (Wildman–Crippen LogP) is 0.321. The lowest BCUT2D eigenvalue weighted by Crippen LogP contribution is -2.47. The van der Waals surface area contributed by atoms with Crippen LogP contribution in [-0.4, -0.2) is 36.4 Å². The van der Waals surface area contributed by atoms with Crippen LogP contribution in [0.25, 0.3) is 0 Å². The second-order valence-electron chi connectivity index (χ2n) is 4.85. The fourth-order valence-corrected chi connectivity index (χ4v) is 2.25. The number of amides is 1. The zero-order chi connectivity index (χ0) is 13.9. The summed E-state index contributed by atoms with van der Waals surface area (Å²) in [7, 11) is 0. The number of nitrogen functional groups attached to an aromatic ring is 1. The molecule has 0 aliphatic carbocycles. The minimum Gasteiger partial charge on any atom is -0.399 e. The van der Waals surface area contributed by atoms with Gasteiger partial charge in [0, 0.05) is 24.6 Å². The molecule has 0 saturated carbocycles. The Morgan fingerprint density at radius 2 is 2.11 bits per heavy atom. The quantitative estimate of drug-likeness (QED) is 0.586. The largest absolute Gasteiger partial charge is 0.399 e. The van der Waals surface area contributed by atoms with Crippen LogP contribution >= 0.6 is 0 Å². The molecule has 6 heteroatoms. The maximum atomic E-state index is 11.4. The normalized spacial score (nSPS) is 17.9. The second kappa shape index (κ2) is 5.46. The van der Waals surface area contributed by atoms with Gasteiger partial charge in [0.25, 0.3) is 5.91 Å². The molecule has 0 unspecified atom stereocenters. The van der Waals surface area contributed by atoms with E-state index in [-0.39, 0.29) is 6.61 Å². The molecule has 1 aliphatic heterocycles. The number of ether oxygens (including phenoxy) is 1.